The van der Waals surface area contributed by atoms with Crippen molar-refractivity contribution in [3.8, 4) is 0 Å². The van der Waals surface area contributed by atoms with E-state index in [1.54, 1.807) is 23.4 Å². The molecule has 0 spiro atoms. The Bertz CT molecular complexity index is 605. The lowest BCUT2D eigenvalue weighted by atomic mass is 10.1. The predicted molar refractivity (Wildman–Crippen MR) is 70.7 cm³/mol. The van der Waals surface area contributed by atoms with Crippen LogP contribution in [0.25, 0.3) is 11.0 Å². The number of nitrogens with zero attached hydrogens (tertiary/aromatic N) is 3. The summed E-state index contributed by atoms with van der Waals surface area (Å²) in [4.78, 5) is 22.8. The Morgan fingerprint density at radius 3 is 2.84 bits per heavy atom. The smallest absolute Gasteiger partial charge is 0.256 e. The fourth-order valence-electron chi connectivity index (χ4n) is 2.26. The SMILES string of the molecule is O=C(c1cccc2nccnc12)N(CCO)C1CC1. The predicted octanol–water partition coefficient (Wildman–Crippen LogP) is 1.23. The molecule has 1 saturated carbocycles. The highest BCUT2D eigenvalue weighted by Gasteiger charge is 2.33. The molecule has 0 radical (unpaired) electrons. The van der Waals surface area contributed by atoms with Crippen molar-refractivity contribution in [1.29, 1.82) is 0 Å². The Kier molecular flexibility index (Phi) is 3.13. The van der Waals surface area contributed by atoms with E-state index < -0.39 is 0 Å². The van der Waals surface area contributed by atoms with Crippen LogP contribution in [0.2, 0.25) is 0 Å². The third-order valence-electron chi connectivity index (χ3n) is 3.32. The van der Waals surface area contributed by atoms with Crippen LogP contribution in [0.4, 0.5) is 0 Å². The Morgan fingerprint density at radius 2 is 2.11 bits per heavy atom. The summed E-state index contributed by atoms with van der Waals surface area (Å²) < 4.78 is 0. The summed E-state index contributed by atoms with van der Waals surface area (Å²) in [7, 11) is 0. The first-order valence-electron chi connectivity index (χ1n) is 6.43. The van der Waals surface area contributed by atoms with E-state index in [-0.39, 0.29) is 18.6 Å². The number of carbonyl (C=O) groups is 1. The van der Waals surface area contributed by atoms with Crippen molar-refractivity contribution in [1.82, 2.24) is 14.9 Å². The molecule has 1 N–H and O–H groups in total. The van der Waals surface area contributed by atoms with Crippen LogP contribution in [0, 0.1) is 0 Å². The van der Waals surface area contributed by atoms with Crippen molar-refractivity contribution in [3.05, 3.63) is 36.2 Å². The molecule has 5 nitrogen and oxygen atoms in total. The van der Waals surface area contributed by atoms with E-state index in [1.807, 2.05) is 12.1 Å². The number of para-hydroxylation sites is 1. The molecule has 0 aliphatic heterocycles. The lowest BCUT2D eigenvalue weighted by Crippen LogP contribution is -2.35. The van der Waals surface area contributed by atoms with E-state index in [0.717, 1.165) is 12.8 Å². The van der Waals surface area contributed by atoms with Crippen molar-refractivity contribution in [2.45, 2.75) is 18.9 Å². The molecule has 1 aromatic carbocycles. The fourth-order valence-corrected chi connectivity index (χ4v) is 2.26. The molecular formula is C14H15N3O2. The van der Waals surface area contributed by atoms with Crippen LogP contribution in [0.15, 0.2) is 30.6 Å². The summed E-state index contributed by atoms with van der Waals surface area (Å²) in [5, 5.41) is 9.10. The van der Waals surface area contributed by atoms with Crippen molar-refractivity contribution >= 4 is 16.9 Å². The van der Waals surface area contributed by atoms with Gasteiger partial charge >= 0.3 is 0 Å². The molecule has 1 aliphatic rings. The molecule has 0 bridgehead atoms. The summed E-state index contributed by atoms with van der Waals surface area (Å²) in [5.74, 6) is -0.0670. The Labute approximate surface area is 110 Å². The summed E-state index contributed by atoms with van der Waals surface area (Å²) in [6.07, 6.45) is 5.24. The zero-order valence-corrected chi connectivity index (χ0v) is 10.5. The number of amides is 1. The monoisotopic (exact) mass is 257 g/mol. The Balaban J connectivity index is 2.00. The normalized spacial score (nSPS) is 14.6. The first-order valence-corrected chi connectivity index (χ1v) is 6.43. The van der Waals surface area contributed by atoms with Crippen LogP contribution in [0.1, 0.15) is 23.2 Å². The molecule has 0 unspecified atom stereocenters. The van der Waals surface area contributed by atoms with Crippen LogP contribution in [0.5, 0.6) is 0 Å². The van der Waals surface area contributed by atoms with Gasteiger partial charge in [-0.3, -0.25) is 14.8 Å². The van der Waals surface area contributed by atoms with Gasteiger partial charge in [-0.25, -0.2) is 0 Å². The van der Waals surface area contributed by atoms with Crippen LogP contribution < -0.4 is 0 Å². The minimum Gasteiger partial charge on any atom is -0.395 e. The number of rotatable bonds is 4. The minimum atomic E-state index is -0.0670. The minimum absolute atomic E-state index is 0.0152. The highest BCUT2D eigenvalue weighted by Crippen LogP contribution is 2.29. The number of benzene rings is 1. The molecule has 19 heavy (non-hydrogen) atoms. The van der Waals surface area contributed by atoms with Gasteiger partial charge in [0.15, 0.2) is 0 Å². The number of hydrogen-bond donors (Lipinski definition) is 1. The second-order valence-electron chi connectivity index (χ2n) is 4.68. The molecule has 1 amide bonds. The van der Waals surface area contributed by atoms with Crippen molar-refractivity contribution in [2.75, 3.05) is 13.2 Å². The lowest BCUT2D eigenvalue weighted by Gasteiger charge is -2.21. The highest BCUT2D eigenvalue weighted by atomic mass is 16.3. The van der Waals surface area contributed by atoms with Gasteiger partial charge in [0, 0.05) is 25.0 Å². The van der Waals surface area contributed by atoms with Crippen LogP contribution in [-0.4, -0.2) is 45.1 Å². The van der Waals surface area contributed by atoms with Gasteiger partial charge in [-0.05, 0) is 25.0 Å². The zero-order valence-electron chi connectivity index (χ0n) is 10.5. The second-order valence-corrected chi connectivity index (χ2v) is 4.68. The molecule has 2 aromatic rings. The van der Waals surface area contributed by atoms with Gasteiger partial charge in [-0.15, -0.1) is 0 Å². The van der Waals surface area contributed by atoms with E-state index in [0.29, 0.717) is 23.1 Å². The molecule has 1 aromatic heterocycles. The molecule has 1 heterocycles. The largest absolute Gasteiger partial charge is 0.395 e. The Morgan fingerprint density at radius 1 is 1.32 bits per heavy atom. The number of aromatic nitrogens is 2. The fraction of sp³-hybridized carbons (Fsp3) is 0.357. The highest BCUT2D eigenvalue weighted by molar-refractivity contribution is 6.04. The summed E-state index contributed by atoms with van der Waals surface area (Å²) in [5.41, 5.74) is 1.90. The summed E-state index contributed by atoms with van der Waals surface area (Å²) >= 11 is 0. The van der Waals surface area contributed by atoms with Crippen LogP contribution in [-0.2, 0) is 0 Å². The van der Waals surface area contributed by atoms with Gasteiger partial charge in [0.2, 0.25) is 0 Å². The maximum atomic E-state index is 12.6. The van der Waals surface area contributed by atoms with Gasteiger partial charge in [0.25, 0.3) is 5.91 Å². The number of aliphatic hydroxyl groups excluding tert-OH is 1. The maximum Gasteiger partial charge on any atom is 0.256 e. The van der Waals surface area contributed by atoms with E-state index in [9.17, 15) is 4.79 Å². The molecule has 3 rings (SSSR count). The molecule has 98 valence electrons. The van der Waals surface area contributed by atoms with E-state index in [2.05, 4.69) is 9.97 Å². The van der Waals surface area contributed by atoms with E-state index in [1.165, 1.54) is 0 Å². The second kappa shape index (κ2) is 4.93. The van der Waals surface area contributed by atoms with Gasteiger partial charge in [0.1, 0.15) is 5.52 Å². The molecule has 1 aliphatic carbocycles. The molecule has 5 heteroatoms. The van der Waals surface area contributed by atoms with E-state index in [4.69, 9.17) is 5.11 Å². The molecule has 1 fully saturated rings. The number of fused-ring (bicyclic) bond motifs is 1. The number of hydrogen-bond acceptors (Lipinski definition) is 4. The molecule has 0 atom stereocenters. The van der Waals surface area contributed by atoms with Gasteiger partial charge in [-0.2, -0.15) is 0 Å². The zero-order chi connectivity index (χ0) is 13.2. The molecular weight excluding hydrogens is 242 g/mol. The van der Waals surface area contributed by atoms with E-state index >= 15 is 0 Å². The van der Waals surface area contributed by atoms with Crippen LogP contribution in [0.3, 0.4) is 0 Å². The number of aliphatic hydroxyl groups is 1. The van der Waals surface area contributed by atoms with Gasteiger partial charge < -0.3 is 10.0 Å². The van der Waals surface area contributed by atoms with Crippen molar-refractivity contribution < 1.29 is 9.90 Å². The average Bonchev–Trinajstić information content (AvgIpc) is 3.28. The maximum absolute atomic E-state index is 12.6. The standard InChI is InChI=1S/C14H15N3O2/c18-9-8-17(10-4-5-10)14(19)11-2-1-3-12-13(11)16-7-6-15-12/h1-3,6-7,10,18H,4-5,8-9H2. The topological polar surface area (TPSA) is 66.3 Å². The quantitative estimate of drug-likeness (QED) is 0.894. The summed E-state index contributed by atoms with van der Waals surface area (Å²) in [6.45, 7) is 0.360. The molecule has 0 saturated heterocycles. The number of carbonyl (C=O) groups excluding carboxylic acids is 1. The lowest BCUT2D eigenvalue weighted by molar-refractivity contribution is 0.0709. The third-order valence-corrected chi connectivity index (χ3v) is 3.32. The van der Waals surface area contributed by atoms with Crippen molar-refractivity contribution in [2.24, 2.45) is 0 Å². The van der Waals surface area contributed by atoms with Gasteiger partial charge in [0.05, 0.1) is 17.7 Å². The Hall–Kier alpha value is -2.01. The van der Waals surface area contributed by atoms with Crippen molar-refractivity contribution in [3.63, 3.8) is 0 Å². The third kappa shape index (κ3) is 2.29. The van der Waals surface area contributed by atoms with Crippen LogP contribution >= 0.6 is 0 Å². The summed E-state index contributed by atoms with van der Waals surface area (Å²) in [6, 6.07) is 5.69. The first kappa shape index (κ1) is 12.0. The average molecular weight is 257 g/mol. The van der Waals surface area contributed by atoms with Gasteiger partial charge in [-0.1, -0.05) is 6.07 Å². The first-order chi connectivity index (χ1) is 9.31.